The molecular weight excluding hydrogens is 413 g/mol. The Morgan fingerprint density at radius 3 is 2.50 bits per heavy atom. The van der Waals surface area contributed by atoms with Gasteiger partial charge >= 0.3 is 0 Å². The number of carbonyl (C=O) groups is 2. The highest BCUT2D eigenvalue weighted by Gasteiger charge is 2.74. The van der Waals surface area contributed by atoms with Gasteiger partial charge in [-0.3, -0.25) is 9.59 Å². The summed E-state index contributed by atoms with van der Waals surface area (Å²) in [4.78, 5) is 27.7. The average molecular weight is 428 g/mol. The second-order valence-corrected chi connectivity index (χ2v) is 10.9. The van der Waals surface area contributed by atoms with E-state index in [1.54, 1.807) is 44.0 Å². The number of benzene rings is 1. The molecule has 4 aliphatic heterocycles. The van der Waals surface area contributed by atoms with Gasteiger partial charge in [0.15, 0.2) is 9.74 Å². The second kappa shape index (κ2) is 5.48. The van der Waals surface area contributed by atoms with E-state index in [9.17, 15) is 14.9 Å². The molecule has 9 heteroatoms. The number of hydrogen-bond donors (Lipinski definition) is 0. The first kappa shape index (κ1) is 18.3. The lowest BCUT2D eigenvalue weighted by Crippen LogP contribution is -2.73. The molecule has 0 saturated carbocycles. The number of fused-ring (bicyclic) bond motifs is 2. The van der Waals surface area contributed by atoms with Gasteiger partial charge in [-0.25, -0.2) is 0 Å². The maximum atomic E-state index is 13.4. The van der Waals surface area contributed by atoms with Crippen molar-refractivity contribution < 1.29 is 9.59 Å². The second-order valence-electron chi connectivity index (χ2n) is 7.26. The summed E-state index contributed by atoms with van der Waals surface area (Å²) in [6.07, 6.45) is 0.268. The van der Waals surface area contributed by atoms with E-state index in [1.165, 1.54) is 26.5 Å². The third-order valence-electron chi connectivity index (χ3n) is 5.61. The molecule has 2 amide bonds. The number of amides is 2. The van der Waals surface area contributed by atoms with Gasteiger partial charge in [0, 0.05) is 13.5 Å². The fraction of sp³-hybridized carbons (Fsp3) is 0.471. The largest absolute Gasteiger partial charge is 0.319 e. The lowest BCUT2D eigenvalue weighted by atomic mass is 9.79. The Labute approximate surface area is 169 Å². The van der Waals surface area contributed by atoms with Crippen LogP contribution in [0.3, 0.4) is 0 Å². The zero-order chi connectivity index (χ0) is 19.1. The number of nitriles is 1. The van der Waals surface area contributed by atoms with Crippen molar-refractivity contribution in [2.24, 2.45) is 5.41 Å². The Balaban J connectivity index is 1.95. The molecule has 1 spiro atoms. The number of nitrogens with zero attached hydrogens (tertiary/aromatic N) is 3. The molecule has 0 aromatic heterocycles. The quantitative estimate of drug-likeness (QED) is 0.631. The minimum absolute atomic E-state index is 0.132. The van der Waals surface area contributed by atoms with Gasteiger partial charge in [-0.2, -0.15) is 5.26 Å². The Morgan fingerprint density at radius 1 is 1.19 bits per heavy atom. The van der Waals surface area contributed by atoms with Crippen LogP contribution in [0, 0.1) is 16.7 Å². The summed E-state index contributed by atoms with van der Waals surface area (Å²) < 4.78 is 0. The zero-order valence-corrected chi connectivity index (χ0v) is 17.4. The number of likely N-dealkylation sites (N-methyl/N-ethyl adjacent to an activating group) is 1. The molecule has 136 valence electrons. The Bertz CT molecular complexity index is 906. The number of piperazine rings is 1. The first-order valence-electron chi connectivity index (χ1n) is 7.96. The standard InChI is InChI=1S/C17H15Cl2N3O2S2/c1-15(8-20)7-17-14(24)21(3)16(2,25-26-17)13(23)22(17)12(15)9-4-5-10(18)11(19)6-9/h4-6,12H,7H2,1-3H3/t12?,15-,16-,17-/m1/s1. The lowest BCUT2D eigenvalue weighted by molar-refractivity contribution is -0.164. The van der Waals surface area contributed by atoms with E-state index in [1.807, 2.05) is 0 Å². The smallest absolute Gasteiger partial charge is 0.261 e. The Kier molecular flexibility index (Phi) is 3.86. The molecular formula is C17H15Cl2N3O2S2. The first-order valence-corrected chi connectivity index (χ1v) is 10.9. The third-order valence-corrected chi connectivity index (χ3v) is 10.0. The molecule has 4 fully saturated rings. The molecule has 0 radical (unpaired) electrons. The van der Waals surface area contributed by atoms with E-state index in [0.29, 0.717) is 15.6 Å². The highest BCUT2D eigenvalue weighted by Crippen LogP contribution is 2.69. The summed E-state index contributed by atoms with van der Waals surface area (Å²) in [7, 11) is 4.43. The van der Waals surface area contributed by atoms with E-state index in [2.05, 4.69) is 6.07 Å². The number of rotatable bonds is 1. The van der Waals surface area contributed by atoms with Crippen LogP contribution in [0.5, 0.6) is 0 Å². The van der Waals surface area contributed by atoms with Gasteiger partial charge in [0.1, 0.15) is 0 Å². The SMILES string of the molecule is CN1C(=O)[C@]23C[C@](C)(C#N)C(c4ccc(Cl)c(Cl)c4)N2C(=O)[C@@]1(C)SS3. The van der Waals surface area contributed by atoms with Crippen LogP contribution in [-0.2, 0) is 9.59 Å². The van der Waals surface area contributed by atoms with Crippen molar-refractivity contribution in [3.05, 3.63) is 33.8 Å². The molecule has 0 aliphatic carbocycles. The lowest BCUT2D eigenvalue weighted by Gasteiger charge is -2.57. The molecule has 1 aromatic rings. The third kappa shape index (κ3) is 2.02. The van der Waals surface area contributed by atoms with Crippen LogP contribution in [0.25, 0.3) is 0 Å². The molecule has 1 unspecified atom stereocenters. The van der Waals surface area contributed by atoms with E-state index in [0.717, 1.165) is 0 Å². The molecule has 4 saturated heterocycles. The molecule has 4 heterocycles. The van der Waals surface area contributed by atoms with Crippen LogP contribution in [0.1, 0.15) is 31.9 Å². The van der Waals surface area contributed by atoms with Gasteiger partial charge in [-0.05, 0) is 31.5 Å². The minimum Gasteiger partial charge on any atom is -0.319 e. The van der Waals surface area contributed by atoms with Crippen LogP contribution >= 0.6 is 44.8 Å². The van der Waals surface area contributed by atoms with Crippen molar-refractivity contribution in [2.75, 3.05) is 7.05 Å². The molecule has 5 rings (SSSR count). The fourth-order valence-electron chi connectivity index (χ4n) is 4.10. The van der Waals surface area contributed by atoms with E-state index >= 15 is 0 Å². The van der Waals surface area contributed by atoms with Crippen molar-refractivity contribution in [1.29, 1.82) is 5.26 Å². The van der Waals surface area contributed by atoms with Gasteiger partial charge in [0.25, 0.3) is 11.8 Å². The predicted molar refractivity (Wildman–Crippen MR) is 103 cm³/mol. The zero-order valence-electron chi connectivity index (χ0n) is 14.2. The highest BCUT2D eigenvalue weighted by atomic mass is 35.5. The summed E-state index contributed by atoms with van der Waals surface area (Å²) in [5, 5.41) is 10.7. The monoisotopic (exact) mass is 427 g/mol. The molecule has 2 bridgehead atoms. The van der Waals surface area contributed by atoms with Gasteiger partial charge in [0.05, 0.1) is 27.6 Å². The minimum atomic E-state index is -1.07. The normalized spacial score (nSPS) is 38.5. The predicted octanol–water partition coefficient (Wildman–Crippen LogP) is 4.08. The average Bonchev–Trinajstić information content (AvgIpc) is 2.89. The molecule has 26 heavy (non-hydrogen) atoms. The first-order chi connectivity index (χ1) is 12.1. The molecule has 4 atom stereocenters. The van der Waals surface area contributed by atoms with Crippen molar-refractivity contribution in [1.82, 2.24) is 9.80 Å². The van der Waals surface area contributed by atoms with E-state index < -0.39 is 21.2 Å². The van der Waals surface area contributed by atoms with Crippen LogP contribution in [0.15, 0.2) is 18.2 Å². The molecule has 1 aromatic carbocycles. The van der Waals surface area contributed by atoms with E-state index in [-0.39, 0.29) is 18.2 Å². The topological polar surface area (TPSA) is 64.4 Å². The van der Waals surface area contributed by atoms with Gasteiger partial charge < -0.3 is 9.80 Å². The van der Waals surface area contributed by atoms with Crippen molar-refractivity contribution in [3.8, 4) is 6.07 Å². The summed E-state index contributed by atoms with van der Waals surface area (Å²) in [6.45, 7) is 3.55. The van der Waals surface area contributed by atoms with Gasteiger partial charge in [-0.1, -0.05) is 50.9 Å². The Hall–Kier alpha value is -1.07. The summed E-state index contributed by atoms with van der Waals surface area (Å²) in [6, 6.07) is 6.91. The van der Waals surface area contributed by atoms with Crippen LogP contribution in [0.2, 0.25) is 10.0 Å². The summed E-state index contributed by atoms with van der Waals surface area (Å²) in [5.41, 5.74) is -0.210. The maximum absolute atomic E-state index is 13.4. The molecule has 4 aliphatic rings. The van der Waals surface area contributed by atoms with E-state index in [4.69, 9.17) is 23.2 Å². The number of hydrogen-bond acceptors (Lipinski definition) is 5. The summed E-state index contributed by atoms with van der Waals surface area (Å²) >= 11 is 12.2. The summed E-state index contributed by atoms with van der Waals surface area (Å²) in [5.74, 6) is -0.286. The fourth-order valence-corrected chi connectivity index (χ4v) is 7.99. The van der Waals surface area contributed by atoms with Gasteiger partial charge in [-0.15, -0.1) is 0 Å². The van der Waals surface area contributed by atoms with Crippen LogP contribution in [-0.4, -0.2) is 38.4 Å². The maximum Gasteiger partial charge on any atom is 0.261 e. The molecule has 0 N–H and O–H groups in total. The molecule has 5 nitrogen and oxygen atoms in total. The van der Waals surface area contributed by atoms with Crippen molar-refractivity contribution >= 4 is 56.6 Å². The van der Waals surface area contributed by atoms with Crippen molar-refractivity contribution in [3.63, 3.8) is 0 Å². The highest BCUT2D eigenvalue weighted by molar-refractivity contribution is 8.78. The van der Waals surface area contributed by atoms with Crippen LogP contribution in [0.4, 0.5) is 0 Å². The van der Waals surface area contributed by atoms with Crippen LogP contribution < -0.4 is 0 Å². The Morgan fingerprint density at radius 2 is 1.88 bits per heavy atom. The van der Waals surface area contributed by atoms with Crippen molar-refractivity contribution in [2.45, 2.75) is 36.1 Å². The number of carbonyl (C=O) groups excluding carboxylic acids is 2. The van der Waals surface area contributed by atoms with Gasteiger partial charge in [0.2, 0.25) is 0 Å². The number of halogens is 2.